The van der Waals surface area contributed by atoms with Gasteiger partial charge in [0, 0.05) is 56.3 Å². The number of hydrogen-bond acceptors (Lipinski definition) is 6. The number of amides is 1. The summed E-state index contributed by atoms with van der Waals surface area (Å²) in [5, 5.41) is 6.84. The number of rotatable bonds is 5. The lowest BCUT2D eigenvalue weighted by molar-refractivity contribution is 0.0931. The summed E-state index contributed by atoms with van der Waals surface area (Å²) in [6, 6.07) is 3.47. The highest BCUT2D eigenvalue weighted by Crippen LogP contribution is 2.23. The third-order valence-electron chi connectivity index (χ3n) is 4.93. The van der Waals surface area contributed by atoms with E-state index in [1.54, 1.807) is 23.1 Å². The zero-order valence-electron chi connectivity index (χ0n) is 16.5. The number of carbonyl (C=O) groups is 1. The average molecular weight is 414 g/mol. The molecule has 1 N–H and O–H groups in total. The number of ether oxygens (including phenoxy) is 1. The van der Waals surface area contributed by atoms with Crippen molar-refractivity contribution in [2.75, 3.05) is 25.1 Å². The van der Waals surface area contributed by atoms with E-state index in [0.29, 0.717) is 25.5 Å². The third kappa shape index (κ3) is 3.93. The van der Waals surface area contributed by atoms with Crippen molar-refractivity contribution in [2.45, 2.75) is 12.5 Å². The van der Waals surface area contributed by atoms with Gasteiger partial charge in [0.05, 0.1) is 19.0 Å². The van der Waals surface area contributed by atoms with E-state index < -0.39 is 23.1 Å². The molecule has 1 aromatic carbocycles. The molecule has 3 heterocycles. The minimum Gasteiger partial charge on any atom is -0.497 e. The molecule has 4 rings (SSSR count). The maximum atomic E-state index is 14.2. The van der Waals surface area contributed by atoms with E-state index in [1.165, 1.54) is 7.11 Å². The average Bonchev–Trinajstić information content (AvgIpc) is 3.36. The van der Waals surface area contributed by atoms with Crippen molar-refractivity contribution in [3.8, 4) is 17.0 Å². The van der Waals surface area contributed by atoms with Gasteiger partial charge in [0.1, 0.15) is 22.9 Å². The van der Waals surface area contributed by atoms with Gasteiger partial charge in [0.2, 0.25) is 5.95 Å². The van der Waals surface area contributed by atoms with Crippen molar-refractivity contribution in [3.63, 3.8) is 0 Å². The van der Waals surface area contributed by atoms with Gasteiger partial charge in [-0.15, -0.1) is 0 Å². The van der Waals surface area contributed by atoms with Crippen LogP contribution in [-0.4, -0.2) is 51.9 Å². The fraction of sp³-hybridized carbons (Fsp3) is 0.300. The normalized spacial score (nSPS) is 16.0. The number of nitrogens with zero attached hydrogens (tertiary/aromatic N) is 5. The van der Waals surface area contributed by atoms with Gasteiger partial charge in [-0.1, -0.05) is 0 Å². The van der Waals surface area contributed by atoms with Gasteiger partial charge in [-0.3, -0.25) is 9.48 Å². The molecule has 0 radical (unpaired) electrons. The lowest BCUT2D eigenvalue weighted by Crippen LogP contribution is -2.38. The summed E-state index contributed by atoms with van der Waals surface area (Å²) in [5.41, 5.74) is 0.989. The van der Waals surface area contributed by atoms with Gasteiger partial charge in [-0.05, 0) is 12.5 Å². The Labute approximate surface area is 171 Å². The Morgan fingerprint density at radius 3 is 2.73 bits per heavy atom. The fourth-order valence-electron chi connectivity index (χ4n) is 3.42. The lowest BCUT2D eigenvalue weighted by atomic mass is 10.1. The minimum atomic E-state index is -0.966. The molecule has 8 nitrogen and oxygen atoms in total. The lowest BCUT2D eigenvalue weighted by Gasteiger charge is -2.17. The van der Waals surface area contributed by atoms with Gasteiger partial charge < -0.3 is 15.0 Å². The maximum Gasteiger partial charge on any atom is 0.257 e. The van der Waals surface area contributed by atoms with Crippen LogP contribution < -0.4 is 15.0 Å². The number of anilines is 1. The van der Waals surface area contributed by atoms with Crippen LogP contribution in [0.25, 0.3) is 11.3 Å². The van der Waals surface area contributed by atoms with Crippen LogP contribution in [0.5, 0.6) is 5.75 Å². The molecular formula is C20H20F2N6O2. The second kappa shape index (κ2) is 8.05. The maximum absolute atomic E-state index is 14.2. The van der Waals surface area contributed by atoms with Crippen LogP contribution in [0.15, 0.2) is 36.8 Å². The molecule has 0 spiro atoms. The molecule has 10 heteroatoms. The van der Waals surface area contributed by atoms with E-state index >= 15 is 0 Å². The molecule has 2 aromatic heterocycles. The van der Waals surface area contributed by atoms with Crippen LogP contribution >= 0.6 is 0 Å². The highest BCUT2D eigenvalue weighted by atomic mass is 19.1. The minimum absolute atomic E-state index is 0.0132. The Bertz CT molecular complexity index is 1060. The molecule has 1 amide bonds. The monoisotopic (exact) mass is 414 g/mol. The summed E-state index contributed by atoms with van der Waals surface area (Å²) in [7, 11) is 3.13. The molecule has 0 aliphatic carbocycles. The molecule has 0 saturated carbocycles. The van der Waals surface area contributed by atoms with Gasteiger partial charge in [-0.2, -0.15) is 5.10 Å². The largest absolute Gasteiger partial charge is 0.497 e. The van der Waals surface area contributed by atoms with Crippen LogP contribution in [0.1, 0.15) is 16.8 Å². The van der Waals surface area contributed by atoms with Gasteiger partial charge in [-0.25, -0.2) is 18.7 Å². The number of hydrogen-bond donors (Lipinski definition) is 1. The number of carbonyl (C=O) groups excluding carboxylic acids is 1. The smallest absolute Gasteiger partial charge is 0.257 e. The number of methoxy groups -OCH3 is 1. The second-order valence-electron chi connectivity index (χ2n) is 7.02. The van der Waals surface area contributed by atoms with Crippen molar-refractivity contribution in [3.05, 3.63) is 54.0 Å². The Morgan fingerprint density at radius 1 is 1.30 bits per heavy atom. The molecule has 156 valence electrons. The van der Waals surface area contributed by atoms with Gasteiger partial charge >= 0.3 is 0 Å². The van der Waals surface area contributed by atoms with Gasteiger partial charge in [0.25, 0.3) is 5.91 Å². The molecule has 3 aromatic rings. The van der Waals surface area contributed by atoms with Crippen molar-refractivity contribution >= 4 is 11.9 Å². The van der Waals surface area contributed by atoms with E-state index in [-0.39, 0.29) is 11.8 Å². The Kier molecular flexibility index (Phi) is 5.30. The molecule has 1 atom stereocenters. The standard InChI is InChI=1S/C20H20F2N6O2/c1-27-10-12(9-24-27)17-3-5-23-20(26-17)28-6-4-13(11-28)25-19(29)18-15(21)7-14(30-2)8-16(18)22/h3,5,7-10,13H,4,6,11H2,1-2H3,(H,25,29). The van der Waals surface area contributed by atoms with Crippen molar-refractivity contribution < 1.29 is 18.3 Å². The summed E-state index contributed by atoms with van der Waals surface area (Å²) < 4.78 is 34.8. The zero-order valence-corrected chi connectivity index (χ0v) is 16.5. The molecule has 1 unspecified atom stereocenters. The predicted molar refractivity (Wildman–Crippen MR) is 105 cm³/mol. The predicted octanol–water partition coefficient (Wildman–Crippen LogP) is 2.17. The Morgan fingerprint density at radius 2 is 2.07 bits per heavy atom. The summed E-state index contributed by atoms with van der Waals surface area (Å²) in [5.74, 6) is -2.20. The molecule has 1 saturated heterocycles. The van der Waals surface area contributed by atoms with Crippen LogP contribution in [0.3, 0.4) is 0 Å². The van der Waals surface area contributed by atoms with Gasteiger partial charge in [0.15, 0.2) is 0 Å². The van der Waals surface area contributed by atoms with E-state index in [0.717, 1.165) is 23.4 Å². The zero-order chi connectivity index (χ0) is 21.3. The third-order valence-corrected chi connectivity index (χ3v) is 4.93. The molecular weight excluding hydrogens is 394 g/mol. The Balaban J connectivity index is 1.45. The summed E-state index contributed by atoms with van der Waals surface area (Å²) >= 11 is 0. The first-order valence-electron chi connectivity index (χ1n) is 9.35. The molecule has 0 bridgehead atoms. The SMILES string of the molecule is COc1cc(F)c(C(=O)NC2CCN(c3nccc(-c4cnn(C)c4)n3)C2)c(F)c1. The number of aromatic nitrogens is 4. The molecule has 1 aliphatic heterocycles. The number of benzene rings is 1. The topological polar surface area (TPSA) is 85.2 Å². The quantitative estimate of drug-likeness (QED) is 0.689. The van der Waals surface area contributed by atoms with E-state index in [9.17, 15) is 13.6 Å². The number of halogens is 2. The Hall–Kier alpha value is -3.56. The van der Waals surface area contributed by atoms with E-state index in [2.05, 4.69) is 20.4 Å². The molecule has 30 heavy (non-hydrogen) atoms. The van der Waals surface area contributed by atoms with E-state index in [4.69, 9.17) is 4.74 Å². The van der Waals surface area contributed by atoms with Crippen LogP contribution in [0, 0.1) is 11.6 Å². The molecule has 1 fully saturated rings. The van der Waals surface area contributed by atoms with Crippen molar-refractivity contribution in [2.24, 2.45) is 7.05 Å². The first-order chi connectivity index (χ1) is 14.4. The molecule has 1 aliphatic rings. The van der Waals surface area contributed by atoms with Crippen LogP contribution in [-0.2, 0) is 7.05 Å². The highest BCUT2D eigenvalue weighted by Gasteiger charge is 2.28. The fourth-order valence-corrected chi connectivity index (χ4v) is 3.42. The van der Waals surface area contributed by atoms with Crippen molar-refractivity contribution in [1.82, 2.24) is 25.1 Å². The number of aryl methyl sites for hydroxylation is 1. The van der Waals surface area contributed by atoms with Crippen LogP contribution in [0.4, 0.5) is 14.7 Å². The van der Waals surface area contributed by atoms with Crippen LogP contribution in [0.2, 0.25) is 0 Å². The summed E-state index contributed by atoms with van der Waals surface area (Å²) in [6.07, 6.45) is 5.85. The van der Waals surface area contributed by atoms with E-state index in [1.807, 2.05) is 18.1 Å². The first-order valence-corrected chi connectivity index (χ1v) is 9.35. The highest BCUT2D eigenvalue weighted by molar-refractivity contribution is 5.95. The number of nitrogens with one attached hydrogen (secondary N) is 1. The summed E-state index contributed by atoms with van der Waals surface area (Å²) in [6.45, 7) is 1.04. The van der Waals surface area contributed by atoms with Crippen molar-refractivity contribution in [1.29, 1.82) is 0 Å². The summed E-state index contributed by atoms with van der Waals surface area (Å²) in [4.78, 5) is 23.2. The second-order valence-corrected chi connectivity index (χ2v) is 7.02. The first kappa shape index (κ1) is 19.7.